The Bertz CT molecular complexity index is 1130. The summed E-state index contributed by atoms with van der Waals surface area (Å²) in [5, 5.41) is 10.8. The van der Waals surface area contributed by atoms with E-state index < -0.39 is 5.25 Å². The zero-order valence-electron chi connectivity index (χ0n) is 18.1. The maximum Gasteiger partial charge on any atom is 0.277 e. The lowest BCUT2D eigenvalue weighted by atomic mass is 10.1. The van der Waals surface area contributed by atoms with Gasteiger partial charge >= 0.3 is 0 Å². The summed E-state index contributed by atoms with van der Waals surface area (Å²) < 4.78 is 11.1. The summed E-state index contributed by atoms with van der Waals surface area (Å²) in [5.74, 6) is 0.607. The maximum absolute atomic E-state index is 12.9. The molecule has 0 spiro atoms. The molecule has 0 radical (unpaired) electrons. The zero-order chi connectivity index (χ0) is 22.7. The van der Waals surface area contributed by atoms with Gasteiger partial charge in [-0.3, -0.25) is 9.59 Å². The Hall–Kier alpha value is -3.33. The van der Waals surface area contributed by atoms with E-state index in [2.05, 4.69) is 34.3 Å². The Kier molecular flexibility index (Phi) is 6.45. The van der Waals surface area contributed by atoms with Crippen molar-refractivity contribution in [2.75, 3.05) is 29.9 Å². The van der Waals surface area contributed by atoms with Crippen molar-refractivity contribution in [2.24, 2.45) is 0 Å². The molecule has 0 aliphatic carbocycles. The number of carbonyl (C=O) groups excluding carboxylic acids is 2. The van der Waals surface area contributed by atoms with Crippen LogP contribution < -0.4 is 15.0 Å². The summed E-state index contributed by atoms with van der Waals surface area (Å²) in [6.45, 7) is 7.87. The van der Waals surface area contributed by atoms with Gasteiger partial charge in [-0.05, 0) is 63.2 Å². The molecule has 1 atom stereocenters. The summed E-state index contributed by atoms with van der Waals surface area (Å²) in [6.07, 6.45) is 0. The molecule has 0 saturated carbocycles. The molecule has 2 heterocycles. The van der Waals surface area contributed by atoms with Crippen LogP contribution in [0.5, 0.6) is 5.75 Å². The molecule has 32 heavy (non-hydrogen) atoms. The third-order valence-corrected chi connectivity index (χ3v) is 6.13. The number of aromatic nitrogens is 2. The van der Waals surface area contributed by atoms with E-state index >= 15 is 0 Å². The molecule has 166 valence electrons. The Labute approximate surface area is 190 Å². The Morgan fingerprint density at radius 3 is 2.62 bits per heavy atom. The van der Waals surface area contributed by atoms with Gasteiger partial charge in [0.2, 0.25) is 5.89 Å². The zero-order valence-corrected chi connectivity index (χ0v) is 18.9. The summed E-state index contributed by atoms with van der Waals surface area (Å²) in [5.41, 5.74) is 2.93. The van der Waals surface area contributed by atoms with Gasteiger partial charge in [-0.2, -0.15) is 0 Å². The minimum absolute atomic E-state index is 0.0236. The lowest BCUT2D eigenvalue weighted by Gasteiger charge is -2.20. The molecule has 0 fully saturated rings. The second-order valence-corrected chi connectivity index (χ2v) is 8.56. The van der Waals surface area contributed by atoms with E-state index in [1.807, 2.05) is 24.3 Å². The van der Waals surface area contributed by atoms with E-state index in [0.29, 0.717) is 28.1 Å². The van der Waals surface area contributed by atoms with Crippen molar-refractivity contribution in [3.05, 3.63) is 48.0 Å². The van der Waals surface area contributed by atoms with Crippen molar-refractivity contribution in [3.63, 3.8) is 0 Å². The largest absolute Gasteiger partial charge is 0.482 e. The maximum atomic E-state index is 12.9. The SMILES string of the molecule is CCN(CC)c1ccc(-c2nnc(S[C@H](C)C(=O)c3ccc4c(c3)NC(=O)CO4)o2)cc1. The predicted octanol–water partition coefficient (Wildman–Crippen LogP) is 4.28. The number of anilines is 2. The van der Waals surface area contributed by atoms with Crippen LogP contribution in [0.3, 0.4) is 0 Å². The second-order valence-electron chi connectivity index (χ2n) is 7.26. The molecule has 9 heteroatoms. The molecule has 8 nitrogen and oxygen atoms in total. The van der Waals surface area contributed by atoms with Gasteiger partial charge in [0.25, 0.3) is 11.1 Å². The highest BCUT2D eigenvalue weighted by atomic mass is 32.2. The monoisotopic (exact) mass is 452 g/mol. The number of ketones is 1. The number of nitrogens with zero attached hydrogens (tertiary/aromatic N) is 3. The first-order valence-corrected chi connectivity index (χ1v) is 11.3. The van der Waals surface area contributed by atoms with E-state index in [0.717, 1.165) is 24.3 Å². The van der Waals surface area contributed by atoms with Gasteiger partial charge in [0.15, 0.2) is 12.4 Å². The summed E-state index contributed by atoms with van der Waals surface area (Å²) in [7, 11) is 0. The number of thioether (sulfide) groups is 1. The van der Waals surface area contributed by atoms with Gasteiger partial charge in [0.1, 0.15) is 5.75 Å². The molecule has 2 aromatic carbocycles. The number of ether oxygens (including phenoxy) is 1. The summed E-state index contributed by atoms with van der Waals surface area (Å²) in [6, 6.07) is 13.0. The molecule has 0 unspecified atom stereocenters. The average Bonchev–Trinajstić information content (AvgIpc) is 3.27. The van der Waals surface area contributed by atoms with Crippen molar-refractivity contribution in [1.29, 1.82) is 0 Å². The number of rotatable bonds is 8. The number of carbonyl (C=O) groups is 2. The van der Waals surface area contributed by atoms with Crippen molar-refractivity contribution >= 4 is 34.8 Å². The van der Waals surface area contributed by atoms with Crippen molar-refractivity contribution in [3.8, 4) is 17.2 Å². The van der Waals surface area contributed by atoms with Gasteiger partial charge in [-0.1, -0.05) is 11.8 Å². The highest BCUT2D eigenvalue weighted by molar-refractivity contribution is 8.00. The fourth-order valence-corrected chi connectivity index (χ4v) is 4.21. The lowest BCUT2D eigenvalue weighted by molar-refractivity contribution is -0.118. The minimum Gasteiger partial charge on any atom is -0.482 e. The first-order chi connectivity index (χ1) is 15.5. The lowest BCUT2D eigenvalue weighted by Crippen LogP contribution is -2.25. The van der Waals surface area contributed by atoms with Crippen LogP contribution in [0.4, 0.5) is 11.4 Å². The number of nitrogens with one attached hydrogen (secondary N) is 1. The van der Waals surface area contributed by atoms with Crippen LogP contribution >= 0.6 is 11.8 Å². The first kappa shape index (κ1) is 21.9. The van der Waals surface area contributed by atoms with Gasteiger partial charge in [-0.25, -0.2) is 0 Å². The molecule has 0 saturated heterocycles. The fourth-order valence-electron chi connectivity index (χ4n) is 3.45. The third kappa shape index (κ3) is 4.62. The number of fused-ring (bicyclic) bond motifs is 1. The average molecular weight is 453 g/mol. The highest BCUT2D eigenvalue weighted by Gasteiger charge is 2.23. The van der Waals surface area contributed by atoms with Crippen LogP contribution in [0.25, 0.3) is 11.5 Å². The summed E-state index contributed by atoms with van der Waals surface area (Å²) in [4.78, 5) is 26.7. The highest BCUT2D eigenvalue weighted by Crippen LogP contribution is 2.32. The van der Waals surface area contributed by atoms with Crippen molar-refractivity contribution in [2.45, 2.75) is 31.2 Å². The number of benzene rings is 2. The topological polar surface area (TPSA) is 97.6 Å². The molecular weight excluding hydrogens is 428 g/mol. The normalized spacial score (nSPS) is 13.7. The van der Waals surface area contributed by atoms with Crippen molar-refractivity contribution in [1.82, 2.24) is 10.2 Å². The summed E-state index contributed by atoms with van der Waals surface area (Å²) >= 11 is 1.20. The molecule has 4 rings (SSSR count). The molecule has 3 aromatic rings. The molecule has 0 bridgehead atoms. The number of Topliss-reactive ketones (excluding diaryl/α,β-unsaturated/α-hetero) is 1. The Morgan fingerprint density at radius 1 is 1.16 bits per heavy atom. The number of hydrogen-bond acceptors (Lipinski definition) is 8. The number of amides is 1. The van der Waals surface area contributed by atoms with Gasteiger partial charge in [-0.15, -0.1) is 10.2 Å². The molecule has 1 aromatic heterocycles. The van der Waals surface area contributed by atoms with Crippen LogP contribution in [0.2, 0.25) is 0 Å². The molecule has 1 aliphatic rings. The minimum atomic E-state index is -0.452. The fraction of sp³-hybridized carbons (Fsp3) is 0.304. The van der Waals surface area contributed by atoms with Gasteiger partial charge in [0, 0.05) is 29.9 Å². The standard InChI is InChI=1S/C23H24N4O4S/c1-4-27(5-2)17-9-6-15(7-10-17)22-25-26-23(31-22)32-14(3)21(29)16-8-11-19-18(12-16)24-20(28)13-30-19/h6-12,14H,4-5,13H2,1-3H3,(H,24,28)/t14-/m1/s1. The quantitative estimate of drug-likeness (QED) is 0.400. The Balaban J connectivity index is 1.43. The number of hydrogen-bond donors (Lipinski definition) is 1. The first-order valence-electron chi connectivity index (χ1n) is 10.4. The van der Waals surface area contributed by atoms with Crippen LogP contribution in [-0.2, 0) is 4.79 Å². The van der Waals surface area contributed by atoms with Crippen LogP contribution in [0, 0.1) is 0 Å². The van der Waals surface area contributed by atoms with E-state index in [-0.39, 0.29) is 18.3 Å². The second kappa shape index (κ2) is 9.44. The Morgan fingerprint density at radius 2 is 1.91 bits per heavy atom. The van der Waals surface area contributed by atoms with Gasteiger partial charge < -0.3 is 19.4 Å². The van der Waals surface area contributed by atoms with E-state index in [4.69, 9.17) is 9.15 Å². The molecular formula is C23H24N4O4S. The van der Waals surface area contributed by atoms with E-state index in [9.17, 15) is 9.59 Å². The van der Waals surface area contributed by atoms with E-state index in [1.54, 1.807) is 25.1 Å². The van der Waals surface area contributed by atoms with Crippen molar-refractivity contribution < 1.29 is 18.7 Å². The smallest absolute Gasteiger partial charge is 0.277 e. The van der Waals surface area contributed by atoms with Crippen LogP contribution in [0.15, 0.2) is 52.1 Å². The predicted molar refractivity (Wildman–Crippen MR) is 124 cm³/mol. The van der Waals surface area contributed by atoms with E-state index in [1.165, 1.54) is 11.8 Å². The van der Waals surface area contributed by atoms with Crippen LogP contribution in [-0.4, -0.2) is 46.8 Å². The molecule has 1 amide bonds. The van der Waals surface area contributed by atoms with Gasteiger partial charge in [0.05, 0.1) is 10.9 Å². The third-order valence-electron chi connectivity index (χ3n) is 5.19. The van der Waals surface area contributed by atoms with Crippen LogP contribution in [0.1, 0.15) is 31.1 Å². The molecule has 1 aliphatic heterocycles. The molecule has 1 N–H and O–H groups in total.